The van der Waals surface area contributed by atoms with E-state index in [1.54, 1.807) is 24.3 Å². The summed E-state index contributed by atoms with van der Waals surface area (Å²) in [5.74, 6) is -0.827. The molecule has 6 nitrogen and oxygen atoms in total. The molecule has 0 aliphatic rings. The van der Waals surface area contributed by atoms with Crippen molar-refractivity contribution in [3.8, 4) is 0 Å². The topological polar surface area (TPSA) is 76.0 Å². The molecule has 2 N–H and O–H groups in total. The molecule has 0 fully saturated rings. The lowest BCUT2D eigenvalue weighted by Gasteiger charge is -2.11. The van der Waals surface area contributed by atoms with E-state index in [1.165, 1.54) is 0 Å². The molecule has 2 aromatic rings. The average molecular weight is 363 g/mol. The molecule has 2 amide bonds. The number of anilines is 2. The number of amides is 2. The lowest BCUT2D eigenvalue weighted by molar-refractivity contribution is -0.113. The molecule has 0 aliphatic heterocycles. The van der Waals surface area contributed by atoms with E-state index in [0.29, 0.717) is 16.9 Å². The number of alkyl halides is 1. The quantitative estimate of drug-likeness (QED) is 0.737. The maximum Gasteiger partial charge on any atom is 0.257 e. The summed E-state index contributed by atoms with van der Waals surface area (Å²) >= 11 is 5.53. The van der Waals surface area contributed by atoms with Crippen LogP contribution >= 0.6 is 11.6 Å². The molecule has 0 radical (unpaired) electrons. The summed E-state index contributed by atoms with van der Waals surface area (Å²) in [7, 11) is 0. The number of nitrogens with zero attached hydrogens (tertiary/aromatic N) is 2. The predicted molar refractivity (Wildman–Crippen MR) is 100 cm³/mol. The van der Waals surface area contributed by atoms with Crippen molar-refractivity contribution >= 4 is 34.8 Å². The molecule has 1 aromatic carbocycles. The molecule has 1 aromatic heterocycles. The fraction of sp³-hybridized carbons (Fsp3) is 0.389. The van der Waals surface area contributed by atoms with E-state index in [4.69, 9.17) is 11.6 Å². The molecule has 0 atom stereocenters. The van der Waals surface area contributed by atoms with Gasteiger partial charge in [-0.2, -0.15) is 5.10 Å². The lowest BCUT2D eigenvalue weighted by Crippen LogP contribution is -2.19. The summed E-state index contributed by atoms with van der Waals surface area (Å²) in [5.41, 5.74) is 3.20. The first-order valence-corrected chi connectivity index (χ1v) is 8.81. The van der Waals surface area contributed by atoms with Gasteiger partial charge in [0.1, 0.15) is 5.88 Å². The Kier molecular flexibility index (Phi) is 6.58. The van der Waals surface area contributed by atoms with Crippen LogP contribution in [0.4, 0.5) is 11.4 Å². The summed E-state index contributed by atoms with van der Waals surface area (Å²) in [6, 6.07) is 6.82. The van der Waals surface area contributed by atoms with Crippen molar-refractivity contribution in [2.24, 2.45) is 0 Å². The highest BCUT2D eigenvalue weighted by molar-refractivity contribution is 6.29. The van der Waals surface area contributed by atoms with Crippen LogP contribution in [0.3, 0.4) is 0 Å². The maximum absolute atomic E-state index is 12.7. The molecule has 7 heteroatoms. The number of nitrogens with one attached hydrogen (secondary N) is 2. The third-order valence-electron chi connectivity index (χ3n) is 3.91. The normalized spacial score (nSPS) is 10.6. The second kappa shape index (κ2) is 8.67. The van der Waals surface area contributed by atoms with Crippen molar-refractivity contribution in [2.45, 2.75) is 40.2 Å². The first-order chi connectivity index (χ1) is 12.0. The zero-order valence-electron chi connectivity index (χ0n) is 14.7. The Balaban J connectivity index is 2.23. The molecule has 0 aliphatic carbocycles. The van der Waals surface area contributed by atoms with Crippen molar-refractivity contribution in [1.82, 2.24) is 9.78 Å². The van der Waals surface area contributed by atoms with Crippen LogP contribution in [0.25, 0.3) is 0 Å². The van der Waals surface area contributed by atoms with Gasteiger partial charge in [0, 0.05) is 6.54 Å². The highest BCUT2D eigenvalue weighted by Gasteiger charge is 2.17. The Labute approximate surface area is 152 Å². The van der Waals surface area contributed by atoms with Gasteiger partial charge in [-0.1, -0.05) is 25.5 Å². The van der Waals surface area contributed by atoms with Crippen LogP contribution in [0.15, 0.2) is 24.3 Å². The molecule has 0 saturated heterocycles. The third-order valence-corrected chi connectivity index (χ3v) is 4.15. The number of carbonyl (C=O) groups excluding carboxylic acids is 2. The van der Waals surface area contributed by atoms with Crippen molar-refractivity contribution in [3.05, 3.63) is 41.2 Å². The summed E-state index contributed by atoms with van der Waals surface area (Å²) in [4.78, 5) is 24.2. The largest absolute Gasteiger partial charge is 0.324 e. The van der Waals surface area contributed by atoms with E-state index >= 15 is 0 Å². The molecular weight excluding hydrogens is 340 g/mol. The monoisotopic (exact) mass is 362 g/mol. The zero-order valence-corrected chi connectivity index (χ0v) is 15.5. The molecule has 25 heavy (non-hydrogen) atoms. The first-order valence-electron chi connectivity index (χ1n) is 8.28. The minimum absolute atomic E-state index is 0.168. The van der Waals surface area contributed by atoms with Crippen LogP contribution < -0.4 is 10.6 Å². The number of hydrogen-bond acceptors (Lipinski definition) is 3. The minimum atomic E-state index is -0.360. The summed E-state index contributed by atoms with van der Waals surface area (Å²) in [5, 5.41) is 10.0. The molecule has 0 bridgehead atoms. The Morgan fingerprint density at radius 2 is 1.92 bits per heavy atom. The lowest BCUT2D eigenvalue weighted by atomic mass is 10.1. The van der Waals surface area contributed by atoms with Crippen molar-refractivity contribution in [2.75, 3.05) is 16.5 Å². The fourth-order valence-electron chi connectivity index (χ4n) is 2.56. The first kappa shape index (κ1) is 19.0. The van der Waals surface area contributed by atoms with E-state index in [0.717, 1.165) is 30.8 Å². The average Bonchev–Trinajstić information content (AvgIpc) is 2.87. The number of aromatic nitrogens is 2. The maximum atomic E-state index is 12.7. The van der Waals surface area contributed by atoms with Crippen LogP contribution in [-0.4, -0.2) is 27.5 Å². The van der Waals surface area contributed by atoms with Crippen molar-refractivity contribution < 1.29 is 9.59 Å². The minimum Gasteiger partial charge on any atom is -0.324 e. The Morgan fingerprint density at radius 3 is 2.60 bits per heavy atom. The highest BCUT2D eigenvalue weighted by Crippen LogP contribution is 2.23. The van der Waals surface area contributed by atoms with Gasteiger partial charge in [0.05, 0.1) is 28.3 Å². The van der Waals surface area contributed by atoms with Crippen LogP contribution in [0.5, 0.6) is 0 Å². The molecule has 2 rings (SSSR count). The number of rotatable bonds is 7. The number of carbonyl (C=O) groups is 2. The van der Waals surface area contributed by atoms with Gasteiger partial charge in [-0.25, -0.2) is 0 Å². The number of halogens is 1. The standard InChI is InChI=1S/C18H23ClN4O2/c1-4-5-10-23-13(3)17(12(2)22-23)21-18(25)14-8-6-7-9-15(14)20-16(24)11-19/h6-9H,4-5,10-11H2,1-3H3,(H,20,24)(H,21,25). The highest BCUT2D eigenvalue weighted by atomic mass is 35.5. The number of hydrogen-bond donors (Lipinski definition) is 2. The SMILES string of the molecule is CCCCn1nc(C)c(NC(=O)c2ccccc2NC(=O)CCl)c1C. The van der Waals surface area contributed by atoms with Crippen molar-refractivity contribution in [1.29, 1.82) is 0 Å². The summed E-state index contributed by atoms with van der Waals surface area (Å²) in [6.45, 7) is 6.75. The summed E-state index contributed by atoms with van der Waals surface area (Å²) < 4.78 is 1.91. The van der Waals surface area contributed by atoms with Gasteiger partial charge in [-0.3, -0.25) is 14.3 Å². The van der Waals surface area contributed by atoms with E-state index < -0.39 is 0 Å². The van der Waals surface area contributed by atoms with E-state index in [2.05, 4.69) is 22.7 Å². The van der Waals surface area contributed by atoms with E-state index in [1.807, 2.05) is 18.5 Å². The van der Waals surface area contributed by atoms with Crippen molar-refractivity contribution in [3.63, 3.8) is 0 Å². The Morgan fingerprint density at radius 1 is 1.20 bits per heavy atom. The van der Waals surface area contributed by atoms with Gasteiger partial charge >= 0.3 is 0 Å². The van der Waals surface area contributed by atoms with Gasteiger partial charge in [-0.05, 0) is 32.4 Å². The second-order valence-corrected chi connectivity index (χ2v) is 6.07. The number of benzene rings is 1. The van der Waals surface area contributed by atoms with Gasteiger partial charge in [0.25, 0.3) is 5.91 Å². The van der Waals surface area contributed by atoms with Crippen LogP contribution in [0.1, 0.15) is 41.5 Å². The molecule has 0 saturated carbocycles. The van der Waals surface area contributed by atoms with Gasteiger partial charge < -0.3 is 10.6 Å². The van der Waals surface area contributed by atoms with Gasteiger partial charge in [-0.15, -0.1) is 11.6 Å². The molecule has 1 heterocycles. The molecule has 0 unspecified atom stereocenters. The van der Waals surface area contributed by atoms with Gasteiger partial charge in [0.15, 0.2) is 0 Å². The molecule has 134 valence electrons. The Bertz CT molecular complexity index is 770. The zero-order chi connectivity index (χ0) is 18.4. The summed E-state index contributed by atoms with van der Waals surface area (Å²) in [6.07, 6.45) is 2.11. The molecular formula is C18H23ClN4O2. The van der Waals surface area contributed by atoms with E-state index in [-0.39, 0.29) is 17.7 Å². The fourth-order valence-corrected chi connectivity index (χ4v) is 2.62. The second-order valence-electron chi connectivity index (χ2n) is 5.80. The third kappa shape index (κ3) is 4.60. The Hall–Kier alpha value is -2.34. The van der Waals surface area contributed by atoms with Crippen LogP contribution in [-0.2, 0) is 11.3 Å². The smallest absolute Gasteiger partial charge is 0.257 e. The number of para-hydroxylation sites is 1. The number of aryl methyl sites for hydroxylation is 2. The predicted octanol–water partition coefficient (Wildman–Crippen LogP) is 3.73. The number of unbranched alkanes of at least 4 members (excludes halogenated alkanes) is 1. The van der Waals surface area contributed by atoms with Crippen LogP contribution in [0.2, 0.25) is 0 Å². The van der Waals surface area contributed by atoms with E-state index in [9.17, 15) is 9.59 Å². The van der Waals surface area contributed by atoms with Gasteiger partial charge in [0.2, 0.25) is 5.91 Å². The van der Waals surface area contributed by atoms with Crippen LogP contribution in [0, 0.1) is 13.8 Å². The molecule has 0 spiro atoms.